The third-order valence-electron chi connectivity index (χ3n) is 3.76. The molecule has 1 heterocycles. The predicted molar refractivity (Wildman–Crippen MR) is 93.6 cm³/mol. The molecule has 0 fully saturated rings. The Morgan fingerprint density at radius 3 is 2.52 bits per heavy atom. The quantitative estimate of drug-likeness (QED) is 0.774. The molecule has 7 heteroatoms. The number of nitrogens with zero attached hydrogens (tertiary/aromatic N) is 3. The van der Waals surface area contributed by atoms with Crippen molar-refractivity contribution in [2.24, 2.45) is 0 Å². The summed E-state index contributed by atoms with van der Waals surface area (Å²) in [7, 11) is 3.15. The van der Waals surface area contributed by atoms with E-state index >= 15 is 0 Å². The van der Waals surface area contributed by atoms with Crippen molar-refractivity contribution in [3.05, 3.63) is 59.9 Å². The number of nitrogens with one attached hydrogen (secondary N) is 1. The minimum absolute atomic E-state index is 0.244. The Labute approximate surface area is 145 Å². The molecule has 0 saturated carbocycles. The van der Waals surface area contributed by atoms with E-state index in [9.17, 15) is 4.79 Å². The number of hydrogen-bond acceptors (Lipinski definition) is 5. The van der Waals surface area contributed by atoms with Gasteiger partial charge in [0.25, 0.3) is 5.91 Å². The highest BCUT2D eigenvalue weighted by Crippen LogP contribution is 2.28. The van der Waals surface area contributed by atoms with Gasteiger partial charge in [-0.1, -0.05) is 23.4 Å². The summed E-state index contributed by atoms with van der Waals surface area (Å²) >= 11 is 0. The van der Waals surface area contributed by atoms with Crippen LogP contribution in [0, 0.1) is 6.92 Å². The van der Waals surface area contributed by atoms with Gasteiger partial charge >= 0.3 is 0 Å². The molecule has 128 valence electrons. The molecule has 1 N–H and O–H groups in total. The van der Waals surface area contributed by atoms with Crippen LogP contribution in [0.1, 0.15) is 16.2 Å². The number of anilines is 1. The van der Waals surface area contributed by atoms with Gasteiger partial charge in [0, 0.05) is 11.8 Å². The van der Waals surface area contributed by atoms with E-state index < -0.39 is 0 Å². The van der Waals surface area contributed by atoms with Gasteiger partial charge in [0.2, 0.25) is 0 Å². The molecule has 25 heavy (non-hydrogen) atoms. The lowest BCUT2D eigenvalue weighted by molar-refractivity contribution is 0.102. The molecule has 0 spiro atoms. The van der Waals surface area contributed by atoms with Crippen LogP contribution < -0.4 is 14.8 Å². The van der Waals surface area contributed by atoms with Gasteiger partial charge in [-0.25, -0.2) is 4.68 Å². The highest BCUT2D eigenvalue weighted by Gasteiger charge is 2.19. The molecule has 1 aromatic heterocycles. The van der Waals surface area contributed by atoms with Crippen LogP contribution >= 0.6 is 0 Å². The lowest BCUT2D eigenvalue weighted by atomic mass is 10.2. The van der Waals surface area contributed by atoms with Gasteiger partial charge in [-0.2, -0.15) is 0 Å². The zero-order chi connectivity index (χ0) is 17.8. The molecule has 0 unspecified atom stereocenters. The Hall–Kier alpha value is -3.35. The molecule has 1 amide bonds. The van der Waals surface area contributed by atoms with Crippen molar-refractivity contribution in [3.63, 3.8) is 0 Å². The molecule has 0 aliphatic carbocycles. The monoisotopic (exact) mass is 338 g/mol. The van der Waals surface area contributed by atoms with Crippen molar-refractivity contribution < 1.29 is 14.3 Å². The van der Waals surface area contributed by atoms with Crippen LogP contribution in [0.4, 0.5) is 5.69 Å². The van der Waals surface area contributed by atoms with E-state index in [1.165, 1.54) is 0 Å². The average molecular weight is 338 g/mol. The summed E-state index contributed by atoms with van der Waals surface area (Å²) in [6, 6.07) is 14.5. The summed E-state index contributed by atoms with van der Waals surface area (Å²) < 4.78 is 12.2. The molecule has 0 bridgehead atoms. The van der Waals surface area contributed by atoms with Crippen molar-refractivity contribution in [2.45, 2.75) is 6.92 Å². The molecule has 0 radical (unpaired) electrons. The molecule has 2 aromatic carbocycles. The standard InChI is InChI=1S/C18H18N4O3/c1-12-17(18(23)19-13-7-5-4-6-8-13)20-21-22(12)15-11-14(24-2)9-10-16(15)25-3/h4-11H,1-3H3,(H,19,23). The van der Waals surface area contributed by atoms with E-state index in [1.54, 1.807) is 44.0 Å². The Balaban J connectivity index is 1.95. The first-order valence-corrected chi connectivity index (χ1v) is 7.65. The summed E-state index contributed by atoms with van der Waals surface area (Å²) in [6.45, 7) is 1.78. The summed E-state index contributed by atoms with van der Waals surface area (Å²) in [6.07, 6.45) is 0. The normalized spacial score (nSPS) is 10.4. The number of para-hydroxylation sites is 1. The predicted octanol–water partition coefficient (Wildman–Crippen LogP) is 2.85. The van der Waals surface area contributed by atoms with Crippen LogP contribution in [0.3, 0.4) is 0 Å². The van der Waals surface area contributed by atoms with Crippen molar-refractivity contribution in [3.8, 4) is 17.2 Å². The summed E-state index contributed by atoms with van der Waals surface area (Å²) in [5.41, 5.74) is 2.18. The zero-order valence-corrected chi connectivity index (χ0v) is 14.2. The maximum Gasteiger partial charge on any atom is 0.278 e. The highest BCUT2D eigenvalue weighted by molar-refractivity contribution is 6.03. The van der Waals surface area contributed by atoms with Crippen LogP contribution in [0.15, 0.2) is 48.5 Å². The van der Waals surface area contributed by atoms with Crippen molar-refractivity contribution in [1.29, 1.82) is 0 Å². The summed E-state index contributed by atoms with van der Waals surface area (Å²) in [5.74, 6) is 0.932. The Bertz CT molecular complexity index is 891. The SMILES string of the molecule is COc1ccc(OC)c(-n2nnc(C(=O)Nc3ccccc3)c2C)c1. The van der Waals surface area contributed by atoms with E-state index in [0.717, 1.165) is 0 Å². The number of aromatic nitrogens is 3. The fourth-order valence-electron chi connectivity index (χ4n) is 2.44. The summed E-state index contributed by atoms with van der Waals surface area (Å²) in [4.78, 5) is 12.5. The molecular formula is C18H18N4O3. The van der Waals surface area contributed by atoms with Gasteiger partial charge in [-0.3, -0.25) is 4.79 Å². The number of benzene rings is 2. The Kier molecular flexibility index (Phi) is 4.65. The topological polar surface area (TPSA) is 78.3 Å². The number of amides is 1. The molecular weight excluding hydrogens is 320 g/mol. The number of carbonyl (C=O) groups excluding carboxylic acids is 1. The second-order valence-electron chi connectivity index (χ2n) is 5.29. The molecule has 0 aliphatic rings. The van der Waals surface area contributed by atoms with Gasteiger partial charge in [0.15, 0.2) is 5.69 Å². The molecule has 3 rings (SSSR count). The van der Waals surface area contributed by atoms with E-state index in [2.05, 4.69) is 15.6 Å². The first-order chi connectivity index (χ1) is 12.1. The minimum atomic E-state index is -0.322. The van der Waals surface area contributed by atoms with Crippen molar-refractivity contribution >= 4 is 11.6 Å². The number of ether oxygens (including phenoxy) is 2. The van der Waals surface area contributed by atoms with Crippen LogP contribution in [0.2, 0.25) is 0 Å². The van der Waals surface area contributed by atoms with E-state index in [1.807, 2.05) is 30.3 Å². The lowest BCUT2D eigenvalue weighted by Gasteiger charge is -2.11. The molecule has 0 saturated heterocycles. The van der Waals surface area contributed by atoms with Gasteiger partial charge in [-0.15, -0.1) is 5.10 Å². The van der Waals surface area contributed by atoms with Crippen LogP contribution in [0.25, 0.3) is 5.69 Å². The first-order valence-electron chi connectivity index (χ1n) is 7.65. The first kappa shape index (κ1) is 16.5. The molecule has 0 aliphatic heterocycles. The van der Waals surface area contributed by atoms with Crippen LogP contribution in [0.5, 0.6) is 11.5 Å². The van der Waals surface area contributed by atoms with E-state index in [4.69, 9.17) is 9.47 Å². The maximum absolute atomic E-state index is 12.5. The van der Waals surface area contributed by atoms with Gasteiger partial charge in [-0.05, 0) is 31.2 Å². The minimum Gasteiger partial charge on any atom is -0.497 e. The zero-order valence-electron chi connectivity index (χ0n) is 14.2. The number of hydrogen-bond donors (Lipinski definition) is 1. The van der Waals surface area contributed by atoms with E-state index in [0.29, 0.717) is 28.6 Å². The maximum atomic E-state index is 12.5. The fraction of sp³-hybridized carbons (Fsp3) is 0.167. The fourth-order valence-corrected chi connectivity index (χ4v) is 2.44. The number of carbonyl (C=O) groups is 1. The largest absolute Gasteiger partial charge is 0.497 e. The third kappa shape index (κ3) is 3.30. The smallest absolute Gasteiger partial charge is 0.278 e. The van der Waals surface area contributed by atoms with Crippen LogP contribution in [-0.4, -0.2) is 35.1 Å². The molecule has 3 aromatic rings. The van der Waals surface area contributed by atoms with Gasteiger partial charge in [0.1, 0.15) is 17.2 Å². The Morgan fingerprint density at radius 2 is 1.84 bits per heavy atom. The Morgan fingerprint density at radius 1 is 1.08 bits per heavy atom. The van der Waals surface area contributed by atoms with E-state index in [-0.39, 0.29) is 11.6 Å². The van der Waals surface area contributed by atoms with Gasteiger partial charge < -0.3 is 14.8 Å². The highest BCUT2D eigenvalue weighted by atomic mass is 16.5. The lowest BCUT2D eigenvalue weighted by Crippen LogP contribution is -2.14. The second kappa shape index (κ2) is 7.04. The average Bonchev–Trinajstić information content (AvgIpc) is 3.03. The van der Waals surface area contributed by atoms with Crippen molar-refractivity contribution in [2.75, 3.05) is 19.5 Å². The van der Waals surface area contributed by atoms with Gasteiger partial charge in [0.05, 0.1) is 19.9 Å². The second-order valence-corrected chi connectivity index (χ2v) is 5.29. The molecule has 0 atom stereocenters. The van der Waals surface area contributed by atoms with Crippen molar-refractivity contribution in [1.82, 2.24) is 15.0 Å². The molecule has 7 nitrogen and oxygen atoms in total. The number of methoxy groups -OCH3 is 2. The summed E-state index contributed by atoms with van der Waals surface area (Å²) in [5, 5.41) is 10.9. The van der Waals surface area contributed by atoms with Crippen LogP contribution in [-0.2, 0) is 0 Å². The number of rotatable bonds is 5. The third-order valence-corrected chi connectivity index (χ3v) is 3.76.